The molecule has 0 atom stereocenters. The molecule has 0 aliphatic heterocycles. The summed E-state index contributed by atoms with van der Waals surface area (Å²) in [5.41, 5.74) is 0.447. The quantitative estimate of drug-likeness (QED) is 0.742. The summed E-state index contributed by atoms with van der Waals surface area (Å²) in [4.78, 5) is 38.5. The highest BCUT2D eigenvalue weighted by atomic mass is 35.5. The molecule has 2 aromatic rings. The summed E-state index contributed by atoms with van der Waals surface area (Å²) in [6.45, 7) is 0.838. The van der Waals surface area contributed by atoms with Crippen LogP contribution < -0.4 is 15.4 Å². The summed E-state index contributed by atoms with van der Waals surface area (Å²) in [7, 11) is 1.48. The molecule has 10 heteroatoms. The van der Waals surface area contributed by atoms with Gasteiger partial charge in [-0.1, -0.05) is 11.6 Å². The zero-order valence-corrected chi connectivity index (χ0v) is 14.9. The van der Waals surface area contributed by atoms with Crippen LogP contribution in [0.4, 0.5) is 10.8 Å². The maximum absolute atomic E-state index is 11.8. The first-order valence-corrected chi connectivity index (χ1v) is 8.18. The summed E-state index contributed by atoms with van der Waals surface area (Å²) in [5, 5.41) is 7.03. The lowest BCUT2D eigenvalue weighted by atomic mass is 10.3. The molecule has 2 N–H and O–H groups in total. The Kier molecular flexibility index (Phi) is 6.31. The number of carbonyl (C=O) groups excluding carboxylic acids is 3. The number of amides is 2. The molecule has 0 radical (unpaired) electrons. The number of benzene rings is 1. The zero-order chi connectivity index (χ0) is 18.4. The van der Waals surface area contributed by atoms with Gasteiger partial charge in [0.05, 0.1) is 12.1 Å². The maximum atomic E-state index is 11.8. The number of hydrogen-bond acceptors (Lipinski definition) is 7. The fourth-order valence-corrected chi connectivity index (χ4v) is 2.71. The monoisotopic (exact) mass is 383 g/mol. The number of rotatable bonds is 6. The third kappa shape index (κ3) is 5.44. The van der Waals surface area contributed by atoms with Crippen molar-refractivity contribution in [1.29, 1.82) is 0 Å². The number of nitrogens with zero attached hydrogens (tertiary/aromatic N) is 1. The highest BCUT2D eigenvalue weighted by Crippen LogP contribution is 2.27. The molecule has 0 unspecified atom stereocenters. The predicted octanol–water partition coefficient (Wildman–Crippen LogP) is 2.56. The molecule has 1 heterocycles. The van der Waals surface area contributed by atoms with Crippen LogP contribution in [0.25, 0.3) is 0 Å². The van der Waals surface area contributed by atoms with Crippen molar-refractivity contribution in [3.63, 3.8) is 0 Å². The van der Waals surface area contributed by atoms with E-state index in [-0.39, 0.29) is 16.7 Å². The van der Waals surface area contributed by atoms with Crippen molar-refractivity contribution in [3.05, 3.63) is 34.3 Å². The van der Waals surface area contributed by atoms with Crippen molar-refractivity contribution in [2.24, 2.45) is 0 Å². The Morgan fingerprint density at radius 3 is 2.68 bits per heavy atom. The Morgan fingerprint density at radius 2 is 2.04 bits per heavy atom. The predicted molar refractivity (Wildman–Crippen MR) is 93.3 cm³/mol. The normalized spacial score (nSPS) is 10.0. The van der Waals surface area contributed by atoms with E-state index in [9.17, 15) is 14.4 Å². The van der Waals surface area contributed by atoms with Crippen molar-refractivity contribution >= 4 is 51.5 Å². The zero-order valence-electron chi connectivity index (χ0n) is 13.3. The number of carbonyl (C=O) groups is 3. The van der Waals surface area contributed by atoms with Crippen molar-refractivity contribution in [1.82, 2.24) is 4.98 Å². The Labute approximate surface area is 152 Å². The molecule has 0 bridgehead atoms. The number of aromatic nitrogens is 1. The number of hydrogen-bond donors (Lipinski definition) is 2. The van der Waals surface area contributed by atoms with E-state index in [0.29, 0.717) is 16.5 Å². The van der Waals surface area contributed by atoms with Crippen LogP contribution in [0.2, 0.25) is 5.02 Å². The molecular formula is C15H14ClN3O5S. The van der Waals surface area contributed by atoms with Crippen LogP contribution in [0.15, 0.2) is 23.6 Å². The molecule has 2 amide bonds. The highest BCUT2D eigenvalue weighted by Gasteiger charge is 2.15. The molecule has 0 saturated carbocycles. The Bertz CT molecular complexity index is 808. The van der Waals surface area contributed by atoms with Crippen LogP contribution in [-0.4, -0.2) is 36.5 Å². The first-order chi connectivity index (χ1) is 11.9. The van der Waals surface area contributed by atoms with Gasteiger partial charge in [0.15, 0.2) is 17.4 Å². The molecule has 8 nitrogen and oxygen atoms in total. The third-order valence-electron chi connectivity index (χ3n) is 2.77. The minimum absolute atomic E-state index is 0.00837. The average molecular weight is 384 g/mol. The molecule has 132 valence electrons. The molecule has 0 spiro atoms. The number of anilines is 2. The number of esters is 1. The molecule has 1 aromatic carbocycles. The van der Waals surface area contributed by atoms with Gasteiger partial charge in [-0.25, -0.2) is 9.78 Å². The van der Waals surface area contributed by atoms with Crippen LogP contribution in [-0.2, 0) is 14.3 Å². The largest absolute Gasteiger partial charge is 0.495 e. The molecule has 2 rings (SSSR count). The molecule has 0 saturated heterocycles. The summed E-state index contributed by atoms with van der Waals surface area (Å²) < 4.78 is 9.89. The van der Waals surface area contributed by atoms with Crippen LogP contribution in [0, 0.1) is 0 Å². The second-order valence-electron chi connectivity index (χ2n) is 4.69. The Hall–Kier alpha value is -2.65. The molecule has 0 fully saturated rings. The van der Waals surface area contributed by atoms with Gasteiger partial charge in [0, 0.05) is 18.0 Å². The van der Waals surface area contributed by atoms with E-state index in [1.165, 1.54) is 25.5 Å². The first kappa shape index (κ1) is 18.7. The van der Waals surface area contributed by atoms with Crippen molar-refractivity contribution in [3.8, 4) is 5.75 Å². The fraction of sp³-hybridized carbons (Fsp3) is 0.200. The van der Waals surface area contributed by atoms with E-state index in [0.717, 1.165) is 11.3 Å². The van der Waals surface area contributed by atoms with Crippen LogP contribution >= 0.6 is 22.9 Å². The van der Waals surface area contributed by atoms with Crippen molar-refractivity contribution in [2.45, 2.75) is 6.92 Å². The molecular weight excluding hydrogens is 370 g/mol. The number of ether oxygens (including phenoxy) is 2. The van der Waals surface area contributed by atoms with E-state index in [2.05, 4.69) is 15.6 Å². The van der Waals surface area contributed by atoms with Gasteiger partial charge in [-0.05, 0) is 18.2 Å². The van der Waals surface area contributed by atoms with Crippen LogP contribution in [0.3, 0.4) is 0 Å². The van der Waals surface area contributed by atoms with Crippen LogP contribution in [0.5, 0.6) is 5.75 Å². The van der Waals surface area contributed by atoms with Crippen molar-refractivity contribution in [2.75, 3.05) is 24.4 Å². The standard InChI is InChI=1S/C15H14ClN3O5S/c1-8(20)17-15-19-11(7-25-15)14(22)24-6-13(21)18-9-3-4-12(23-2)10(16)5-9/h3-5,7H,6H2,1-2H3,(H,18,21)(H,17,19,20). The average Bonchev–Trinajstić information content (AvgIpc) is 3.00. The second-order valence-corrected chi connectivity index (χ2v) is 5.96. The summed E-state index contributed by atoms with van der Waals surface area (Å²) >= 11 is 7.04. The van der Waals surface area contributed by atoms with Gasteiger partial charge in [0.2, 0.25) is 5.91 Å². The SMILES string of the molecule is COc1ccc(NC(=O)COC(=O)c2csc(NC(C)=O)n2)cc1Cl. The van der Waals surface area contributed by atoms with Gasteiger partial charge in [-0.3, -0.25) is 9.59 Å². The van der Waals surface area contributed by atoms with Gasteiger partial charge in [-0.2, -0.15) is 0 Å². The third-order valence-corrected chi connectivity index (χ3v) is 3.82. The first-order valence-electron chi connectivity index (χ1n) is 6.92. The van der Waals surface area contributed by atoms with Crippen LogP contribution in [0.1, 0.15) is 17.4 Å². The summed E-state index contributed by atoms with van der Waals surface area (Å²) in [6, 6.07) is 4.72. The highest BCUT2D eigenvalue weighted by molar-refractivity contribution is 7.14. The minimum Gasteiger partial charge on any atom is -0.495 e. The molecule has 1 aromatic heterocycles. The van der Waals surface area contributed by atoms with E-state index >= 15 is 0 Å². The van der Waals surface area contributed by atoms with E-state index in [1.54, 1.807) is 12.1 Å². The lowest BCUT2D eigenvalue weighted by molar-refractivity contribution is -0.119. The Morgan fingerprint density at radius 1 is 1.28 bits per heavy atom. The number of nitrogens with one attached hydrogen (secondary N) is 2. The van der Waals surface area contributed by atoms with Gasteiger partial charge in [-0.15, -0.1) is 11.3 Å². The van der Waals surface area contributed by atoms with E-state index in [4.69, 9.17) is 21.1 Å². The number of halogens is 1. The van der Waals surface area contributed by atoms with E-state index in [1.807, 2.05) is 0 Å². The smallest absolute Gasteiger partial charge is 0.358 e. The number of thiazole rings is 1. The maximum Gasteiger partial charge on any atom is 0.358 e. The second kappa shape index (κ2) is 8.45. The minimum atomic E-state index is -0.768. The fourth-order valence-electron chi connectivity index (χ4n) is 1.72. The van der Waals surface area contributed by atoms with Gasteiger partial charge >= 0.3 is 5.97 Å². The lowest BCUT2D eigenvalue weighted by Gasteiger charge is -2.08. The van der Waals surface area contributed by atoms with Gasteiger partial charge in [0.25, 0.3) is 5.91 Å². The molecule has 0 aliphatic rings. The lowest BCUT2D eigenvalue weighted by Crippen LogP contribution is -2.21. The van der Waals surface area contributed by atoms with Gasteiger partial charge in [0.1, 0.15) is 5.75 Å². The summed E-state index contributed by atoms with van der Waals surface area (Å²) in [5.74, 6) is -1.13. The summed E-state index contributed by atoms with van der Waals surface area (Å²) in [6.07, 6.45) is 0. The molecule has 0 aliphatic carbocycles. The molecule has 25 heavy (non-hydrogen) atoms. The number of methoxy groups -OCH3 is 1. The van der Waals surface area contributed by atoms with Crippen molar-refractivity contribution < 1.29 is 23.9 Å². The van der Waals surface area contributed by atoms with Gasteiger partial charge < -0.3 is 20.1 Å². The van der Waals surface area contributed by atoms with E-state index < -0.39 is 18.5 Å². The Balaban J connectivity index is 1.87. The topological polar surface area (TPSA) is 107 Å².